The van der Waals surface area contributed by atoms with Crippen molar-refractivity contribution >= 4 is 34.2 Å². The molecule has 1 amide bonds. The summed E-state index contributed by atoms with van der Waals surface area (Å²) in [5.74, 6) is -0.0944. The zero-order valence-corrected chi connectivity index (χ0v) is 12.8. The van der Waals surface area contributed by atoms with Crippen molar-refractivity contribution in [1.29, 1.82) is 0 Å². The van der Waals surface area contributed by atoms with Gasteiger partial charge in [-0.2, -0.15) is 0 Å². The van der Waals surface area contributed by atoms with Gasteiger partial charge in [0, 0.05) is 12.1 Å². The number of aliphatic imine (C=N–C) groups is 1. The van der Waals surface area contributed by atoms with E-state index in [9.17, 15) is 14.9 Å². The maximum atomic E-state index is 12.0. The Labute approximate surface area is 136 Å². The zero-order chi connectivity index (χ0) is 16.2. The number of nitro benzene ring substituents is 1. The Kier molecular flexibility index (Phi) is 4.38. The largest absolute Gasteiger partial charge is 0.304 e. The molecule has 0 saturated carbocycles. The molecule has 23 heavy (non-hydrogen) atoms. The molecular weight excluding hydrogens is 314 g/mol. The molecule has 1 saturated heterocycles. The predicted molar refractivity (Wildman–Crippen MR) is 89.9 cm³/mol. The molecule has 0 bridgehead atoms. The second-order valence-corrected chi connectivity index (χ2v) is 6.17. The summed E-state index contributed by atoms with van der Waals surface area (Å²) in [6.45, 7) is 0. The zero-order valence-electron chi connectivity index (χ0n) is 12.0. The molecule has 1 heterocycles. The van der Waals surface area contributed by atoms with Gasteiger partial charge in [-0.15, -0.1) is 0 Å². The van der Waals surface area contributed by atoms with Crippen LogP contribution in [0.3, 0.4) is 0 Å². The van der Waals surface area contributed by atoms with E-state index in [4.69, 9.17) is 0 Å². The third-order valence-electron chi connectivity index (χ3n) is 3.31. The summed E-state index contributed by atoms with van der Waals surface area (Å²) in [5, 5.41) is 13.7. The van der Waals surface area contributed by atoms with Gasteiger partial charge in [0.1, 0.15) is 0 Å². The molecule has 2 aromatic rings. The highest BCUT2D eigenvalue weighted by Crippen LogP contribution is 2.27. The van der Waals surface area contributed by atoms with E-state index in [2.05, 4.69) is 10.3 Å². The highest BCUT2D eigenvalue weighted by atomic mass is 32.2. The number of nitrogens with zero attached hydrogens (tertiary/aromatic N) is 2. The van der Waals surface area contributed by atoms with Crippen molar-refractivity contribution in [2.24, 2.45) is 4.99 Å². The molecule has 0 unspecified atom stereocenters. The molecule has 2 aromatic carbocycles. The van der Waals surface area contributed by atoms with E-state index in [1.165, 1.54) is 23.9 Å². The van der Waals surface area contributed by atoms with Crippen molar-refractivity contribution in [2.45, 2.75) is 11.7 Å². The molecule has 0 aliphatic carbocycles. The van der Waals surface area contributed by atoms with Crippen molar-refractivity contribution in [2.75, 3.05) is 0 Å². The second-order valence-electron chi connectivity index (χ2n) is 4.98. The van der Waals surface area contributed by atoms with Crippen molar-refractivity contribution in [1.82, 2.24) is 5.32 Å². The molecule has 3 rings (SSSR count). The monoisotopic (exact) mass is 327 g/mol. The number of carbonyl (C=O) groups excluding carboxylic acids is 1. The molecule has 1 aliphatic rings. The number of benzene rings is 2. The maximum Gasteiger partial charge on any atom is 0.271 e. The fraction of sp³-hybridized carbons (Fsp3) is 0.125. The average Bonchev–Trinajstić information content (AvgIpc) is 2.88. The molecule has 0 spiro atoms. The molecule has 0 radical (unpaired) electrons. The van der Waals surface area contributed by atoms with Crippen LogP contribution in [-0.4, -0.2) is 21.2 Å². The quantitative estimate of drug-likeness (QED) is 0.691. The van der Waals surface area contributed by atoms with Gasteiger partial charge in [-0.25, -0.2) is 4.99 Å². The number of hydrogen-bond donors (Lipinski definition) is 1. The minimum absolute atomic E-state index is 0.0259. The van der Waals surface area contributed by atoms with E-state index >= 15 is 0 Å². The Balaban J connectivity index is 1.74. The summed E-state index contributed by atoms with van der Waals surface area (Å²) in [6.07, 6.45) is 0.616. The van der Waals surface area contributed by atoms with Crippen LogP contribution in [0.4, 0.5) is 11.4 Å². The van der Waals surface area contributed by atoms with Crippen molar-refractivity contribution in [3.8, 4) is 0 Å². The first-order valence-electron chi connectivity index (χ1n) is 6.96. The lowest BCUT2D eigenvalue weighted by Crippen LogP contribution is -2.25. The Morgan fingerprint density at radius 2 is 1.96 bits per heavy atom. The number of thioether (sulfide) groups is 1. The first kappa shape index (κ1) is 15.2. The summed E-state index contributed by atoms with van der Waals surface area (Å²) in [7, 11) is 0. The lowest BCUT2D eigenvalue weighted by Gasteiger charge is -2.04. The number of non-ortho nitro benzene ring substituents is 1. The van der Waals surface area contributed by atoms with E-state index in [0.717, 1.165) is 5.56 Å². The molecule has 7 heteroatoms. The summed E-state index contributed by atoms with van der Waals surface area (Å²) in [4.78, 5) is 26.6. The van der Waals surface area contributed by atoms with Crippen LogP contribution in [0.1, 0.15) is 5.56 Å². The summed E-state index contributed by atoms with van der Waals surface area (Å²) in [5.41, 5.74) is 1.50. The fourth-order valence-corrected chi connectivity index (χ4v) is 3.24. The molecule has 1 fully saturated rings. The van der Waals surface area contributed by atoms with Crippen LogP contribution in [0.5, 0.6) is 0 Å². The lowest BCUT2D eigenvalue weighted by molar-refractivity contribution is -0.384. The lowest BCUT2D eigenvalue weighted by atomic mass is 10.1. The van der Waals surface area contributed by atoms with Crippen molar-refractivity contribution < 1.29 is 9.72 Å². The van der Waals surface area contributed by atoms with Gasteiger partial charge in [-0.1, -0.05) is 48.2 Å². The third kappa shape index (κ3) is 3.75. The van der Waals surface area contributed by atoms with Gasteiger partial charge in [0.25, 0.3) is 5.69 Å². The van der Waals surface area contributed by atoms with Gasteiger partial charge in [0.2, 0.25) is 5.91 Å². The molecule has 1 aliphatic heterocycles. The Bertz CT molecular complexity index is 777. The normalized spacial score (nSPS) is 18.9. The standard InChI is InChI=1S/C16H13N3O3S/c20-15-14(9-11-5-2-1-3-6-11)23-16(18-15)17-12-7-4-8-13(10-12)19(21)22/h1-8,10,14H,9H2,(H,17,18,20)/t14-/m1/s1. The Morgan fingerprint density at radius 1 is 1.17 bits per heavy atom. The topological polar surface area (TPSA) is 84.6 Å². The van der Waals surface area contributed by atoms with Crippen LogP contribution in [0.15, 0.2) is 59.6 Å². The van der Waals surface area contributed by atoms with Gasteiger partial charge in [-0.3, -0.25) is 14.9 Å². The second kappa shape index (κ2) is 6.62. The predicted octanol–water partition coefficient (Wildman–Crippen LogP) is 3.06. The molecule has 0 aromatic heterocycles. The average molecular weight is 327 g/mol. The first-order chi connectivity index (χ1) is 11.1. The van der Waals surface area contributed by atoms with Crippen molar-refractivity contribution in [3.63, 3.8) is 0 Å². The first-order valence-corrected chi connectivity index (χ1v) is 7.84. The maximum absolute atomic E-state index is 12.0. The van der Waals surface area contributed by atoms with Crippen LogP contribution in [0.25, 0.3) is 0 Å². The van der Waals surface area contributed by atoms with Crippen LogP contribution >= 0.6 is 11.8 Å². The van der Waals surface area contributed by atoms with E-state index in [1.54, 1.807) is 12.1 Å². The number of nitro groups is 1. The van der Waals surface area contributed by atoms with Crippen LogP contribution < -0.4 is 5.32 Å². The Hall–Kier alpha value is -2.67. The number of rotatable bonds is 4. The summed E-state index contributed by atoms with van der Waals surface area (Å²) < 4.78 is 0. The number of carbonyl (C=O) groups is 1. The highest BCUT2D eigenvalue weighted by molar-refractivity contribution is 8.15. The fourth-order valence-electron chi connectivity index (χ4n) is 2.21. The molecule has 116 valence electrons. The van der Waals surface area contributed by atoms with Gasteiger partial charge >= 0.3 is 0 Å². The minimum atomic E-state index is -0.470. The Morgan fingerprint density at radius 3 is 2.70 bits per heavy atom. The number of amides is 1. The summed E-state index contributed by atoms with van der Waals surface area (Å²) >= 11 is 1.34. The SMILES string of the molecule is O=C1NC(=Nc2cccc([N+](=O)[O-])c2)S[C@@H]1Cc1ccccc1. The van der Waals surface area contributed by atoms with Crippen LogP contribution in [0.2, 0.25) is 0 Å². The van der Waals surface area contributed by atoms with Crippen LogP contribution in [-0.2, 0) is 11.2 Å². The molecule has 1 N–H and O–H groups in total. The van der Waals surface area contributed by atoms with Gasteiger partial charge < -0.3 is 5.32 Å². The van der Waals surface area contributed by atoms with Gasteiger partial charge in [-0.05, 0) is 18.1 Å². The van der Waals surface area contributed by atoms with Gasteiger partial charge in [0.15, 0.2) is 5.17 Å². The summed E-state index contributed by atoms with van der Waals surface area (Å²) in [6, 6.07) is 15.8. The van der Waals surface area contributed by atoms with Crippen molar-refractivity contribution in [3.05, 3.63) is 70.3 Å². The molecule has 1 atom stereocenters. The van der Waals surface area contributed by atoms with Gasteiger partial charge in [0.05, 0.1) is 15.9 Å². The number of hydrogen-bond acceptors (Lipinski definition) is 5. The number of nitrogens with one attached hydrogen (secondary N) is 1. The molecular formula is C16H13N3O3S. The minimum Gasteiger partial charge on any atom is -0.304 e. The van der Waals surface area contributed by atoms with Crippen LogP contribution in [0, 0.1) is 10.1 Å². The molecule has 6 nitrogen and oxygen atoms in total. The van der Waals surface area contributed by atoms with E-state index in [1.807, 2.05) is 30.3 Å². The third-order valence-corrected chi connectivity index (χ3v) is 4.39. The van der Waals surface area contributed by atoms with E-state index in [0.29, 0.717) is 17.3 Å². The van der Waals surface area contributed by atoms with E-state index < -0.39 is 4.92 Å². The number of amidine groups is 1. The highest BCUT2D eigenvalue weighted by Gasteiger charge is 2.30. The van der Waals surface area contributed by atoms with E-state index in [-0.39, 0.29) is 16.8 Å². The smallest absolute Gasteiger partial charge is 0.271 e.